The fraction of sp³-hybridized carbons (Fsp3) is 0.480. The summed E-state index contributed by atoms with van der Waals surface area (Å²) in [7, 11) is 0. The average Bonchev–Trinajstić information content (AvgIpc) is 3.06. The van der Waals surface area contributed by atoms with E-state index in [0.29, 0.717) is 0 Å². The first kappa shape index (κ1) is 22.5. The van der Waals surface area contributed by atoms with Gasteiger partial charge in [-0.3, -0.25) is 9.48 Å². The second-order valence-corrected chi connectivity index (χ2v) is 8.53. The molecule has 2 aromatic rings. The molecular formula is C25H35ClN2. The Morgan fingerprint density at radius 3 is 1.61 bits per heavy atom. The molecule has 0 fully saturated rings. The van der Waals surface area contributed by atoms with Crippen LogP contribution in [-0.2, 0) is 13.1 Å². The van der Waals surface area contributed by atoms with Gasteiger partial charge in [0.25, 0.3) is 0 Å². The zero-order valence-electron chi connectivity index (χ0n) is 18.8. The van der Waals surface area contributed by atoms with E-state index in [1.807, 2.05) is 0 Å². The Morgan fingerprint density at radius 1 is 0.714 bits per heavy atom. The van der Waals surface area contributed by atoms with E-state index in [0.717, 1.165) is 26.2 Å². The van der Waals surface area contributed by atoms with Gasteiger partial charge in [-0.25, -0.2) is 0 Å². The number of rotatable bonds is 4. The van der Waals surface area contributed by atoms with Gasteiger partial charge < -0.3 is 12.4 Å². The molecule has 0 radical (unpaired) electrons. The van der Waals surface area contributed by atoms with Crippen molar-refractivity contribution in [1.82, 2.24) is 4.90 Å². The molecule has 0 saturated heterocycles. The Labute approximate surface area is 177 Å². The molecule has 1 heterocycles. The molecule has 0 aliphatic carbocycles. The molecule has 2 aromatic carbocycles. The quantitative estimate of drug-likeness (QED) is 0.716. The lowest BCUT2D eigenvalue weighted by Crippen LogP contribution is -3.00. The van der Waals surface area contributed by atoms with Crippen LogP contribution in [0.4, 0.5) is 0 Å². The Hall–Kier alpha value is -1.80. The van der Waals surface area contributed by atoms with Crippen molar-refractivity contribution in [3.05, 3.63) is 67.8 Å². The lowest BCUT2D eigenvalue weighted by atomic mass is 9.94. The molecule has 3 heteroatoms. The maximum Gasteiger partial charge on any atom is 0.234 e. The normalized spacial score (nSPS) is 13.6. The molecule has 0 amide bonds. The van der Waals surface area contributed by atoms with Crippen molar-refractivity contribution >= 4 is 6.34 Å². The molecule has 28 heavy (non-hydrogen) atoms. The van der Waals surface area contributed by atoms with Gasteiger partial charge in [-0.15, -0.1) is 0 Å². The molecule has 0 unspecified atom stereocenters. The SMILES string of the molecule is Cc1cc(C)c(C)c(CN2C=[N+](Cc3c(C)c(C)cc(C)c3C)CC2)c1C.[Cl-]. The highest BCUT2D eigenvalue weighted by Crippen LogP contribution is 2.25. The maximum atomic E-state index is 2.49. The smallest absolute Gasteiger partial charge is 0.234 e. The van der Waals surface area contributed by atoms with E-state index in [-0.39, 0.29) is 12.4 Å². The van der Waals surface area contributed by atoms with Gasteiger partial charge in [0.15, 0.2) is 0 Å². The third kappa shape index (κ3) is 4.27. The second-order valence-electron chi connectivity index (χ2n) is 8.53. The molecule has 0 saturated carbocycles. The van der Waals surface area contributed by atoms with Gasteiger partial charge in [-0.05, 0) is 111 Å². The van der Waals surface area contributed by atoms with Crippen LogP contribution in [0.1, 0.15) is 55.6 Å². The highest BCUT2D eigenvalue weighted by atomic mass is 35.5. The van der Waals surface area contributed by atoms with E-state index in [9.17, 15) is 0 Å². The monoisotopic (exact) mass is 398 g/mol. The molecule has 152 valence electrons. The zero-order valence-corrected chi connectivity index (χ0v) is 19.6. The summed E-state index contributed by atoms with van der Waals surface area (Å²) in [6.45, 7) is 22.3. The summed E-state index contributed by atoms with van der Waals surface area (Å²) >= 11 is 0. The van der Waals surface area contributed by atoms with Crippen molar-refractivity contribution in [2.24, 2.45) is 0 Å². The summed E-state index contributed by atoms with van der Waals surface area (Å²) < 4.78 is 2.49. The molecule has 0 atom stereocenters. The van der Waals surface area contributed by atoms with Crippen LogP contribution in [0.25, 0.3) is 0 Å². The maximum absolute atomic E-state index is 2.49. The van der Waals surface area contributed by atoms with Crippen LogP contribution in [0.5, 0.6) is 0 Å². The van der Waals surface area contributed by atoms with Gasteiger partial charge in [0.2, 0.25) is 6.34 Å². The minimum atomic E-state index is 0. The van der Waals surface area contributed by atoms with Crippen LogP contribution in [0.2, 0.25) is 0 Å². The first-order chi connectivity index (χ1) is 12.7. The van der Waals surface area contributed by atoms with Crippen LogP contribution < -0.4 is 12.4 Å². The van der Waals surface area contributed by atoms with E-state index >= 15 is 0 Å². The van der Waals surface area contributed by atoms with Gasteiger partial charge >= 0.3 is 0 Å². The number of aryl methyl sites for hydroxylation is 4. The predicted molar refractivity (Wildman–Crippen MR) is 116 cm³/mol. The lowest BCUT2D eigenvalue weighted by molar-refractivity contribution is -0.530. The van der Waals surface area contributed by atoms with Crippen molar-refractivity contribution in [2.75, 3.05) is 13.1 Å². The standard InChI is InChI=1S/C25H35N2.ClH/c1-16-11-17(2)21(6)24(20(16)5)13-26-9-10-27(15-26)14-25-22(7)18(3)12-19(4)23(25)8;/h11-12,15H,9-10,13-14H2,1-8H3;1H/q+1;/p-1. The lowest BCUT2D eigenvalue weighted by Gasteiger charge is -2.16. The first-order valence-corrected chi connectivity index (χ1v) is 10.1. The number of benzene rings is 2. The molecule has 0 spiro atoms. The molecule has 3 rings (SSSR count). The predicted octanol–water partition coefficient (Wildman–Crippen LogP) is 2.21. The highest BCUT2D eigenvalue weighted by Gasteiger charge is 2.23. The molecule has 1 aliphatic heterocycles. The Morgan fingerprint density at radius 2 is 1.14 bits per heavy atom. The molecule has 0 N–H and O–H groups in total. The second kappa shape index (κ2) is 8.69. The summed E-state index contributed by atoms with van der Waals surface area (Å²) in [6, 6.07) is 4.64. The minimum absolute atomic E-state index is 0. The summed E-state index contributed by atoms with van der Waals surface area (Å²) in [5, 5.41) is 0. The molecule has 2 nitrogen and oxygen atoms in total. The summed E-state index contributed by atoms with van der Waals surface area (Å²) in [6.07, 6.45) is 2.35. The van der Waals surface area contributed by atoms with Crippen molar-refractivity contribution in [3.63, 3.8) is 0 Å². The van der Waals surface area contributed by atoms with Crippen molar-refractivity contribution < 1.29 is 17.0 Å². The van der Waals surface area contributed by atoms with E-state index < -0.39 is 0 Å². The summed E-state index contributed by atoms with van der Waals surface area (Å²) in [5.74, 6) is 0. The van der Waals surface area contributed by atoms with Crippen molar-refractivity contribution in [2.45, 2.75) is 68.5 Å². The number of nitrogens with zero attached hydrogens (tertiary/aromatic N) is 2. The van der Waals surface area contributed by atoms with E-state index in [2.05, 4.69) is 83.3 Å². The van der Waals surface area contributed by atoms with Crippen LogP contribution in [-0.4, -0.2) is 28.9 Å². The summed E-state index contributed by atoms with van der Waals surface area (Å²) in [4.78, 5) is 2.49. The Balaban J connectivity index is 0.00000280. The van der Waals surface area contributed by atoms with Gasteiger partial charge in [-0.1, -0.05) is 12.1 Å². The highest BCUT2D eigenvalue weighted by molar-refractivity contribution is 5.53. The Kier molecular flexibility index (Phi) is 6.98. The topological polar surface area (TPSA) is 6.25 Å². The number of hydrogen-bond donors (Lipinski definition) is 0. The van der Waals surface area contributed by atoms with Crippen LogP contribution >= 0.6 is 0 Å². The van der Waals surface area contributed by atoms with Crippen LogP contribution in [0, 0.1) is 55.4 Å². The van der Waals surface area contributed by atoms with Gasteiger partial charge in [0.1, 0.15) is 26.2 Å². The zero-order chi connectivity index (χ0) is 19.9. The van der Waals surface area contributed by atoms with E-state index in [1.165, 1.54) is 55.6 Å². The fourth-order valence-electron chi connectivity index (χ4n) is 4.32. The third-order valence-electron chi connectivity index (χ3n) is 6.77. The van der Waals surface area contributed by atoms with Gasteiger partial charge in [-0.2, -0.15) is 0 Å². The largest absolute Gasteiger partial charge is 1.00 e. The van der Waals surface area contributed by atoms with E-state index in [1.54, 1.807) is 0 Å². The van der Waals surface area contributed by atoms with Crippen LogP contribution in [0.3, 0.4) is 0 Å². The van der Waals surface area contributed by atoms with Crippen molar-refractivity contribution in [1.29, 1.82) is 0 Å². The molecular weight excluding hydrogens is 364 g/mol. The molecule has 1 aliphatic rings. The fourth-order valence-corrected chi connectivity index (χ4v) is 4.32. The summed E-state index contributed by atoms with van der Waals surface area (Å²) in [5.41, 5.74) is 14.4. The molecule has 0 bridgehead atoms. The van der Waals surface area contributed by atoms with Gasteiger partial charge in [0.05, 0.1) is 0 Å². The number of hydrogen-bond acceptors (Lipinski definition) is 1. The number of halogens is 1. The Bertz CT molecular complexity index is 873. The first-order valence-electron chi connectivity index (χ1n) is 10.1. The third-order valence-corrected chi connectivity index (χ3v) is 6.77. The van der Waals surface area contributed by atoms with Crippen molar-refractivity contribution in [3.8, 4) is 0 Å². The average molecular weight is 399 g/mol. The van der Waals surface area contributed by atoms with E-state index in [4.69, 9.17) is 0 Å². The molecule has 0 aromatic heterocycles. The van der Waals surface area contributed by atoms with Crippen LogP contribution in [0.15, 0.2) is 12.1 Å². The minimum Gasteiger partial charge on any atom is -1.00 e. The van der Waals surface area contributed by atoms with Gasteiger partial charge in [0, 0.05) is 0 Å².